The van der Waals surface area contributed by atoms with Crippen molar-refractivity contribution in [1.82, 2.24) is 19.9 Å². The minimum atomic E-state index is 0.239. The van der Waals surface area contributed by atoms with Gasteiger partial charge in [-0.2, -0.15) is 0 Å². The third kappa shape index (κ3) is 2.40. The van der Waals surface area contributed by atoms with E-state index in [2.05, 4.69) is 57.4 Å². The first kappa shape index (κ1) is 15.5. The van der Waals surface area contributed by atoms with Crippen molar-refractivity contribution in [2.75, 3.05) is 6.61 Å². The molecule has 2 N–H and O–H groups in total. The number of aromatic nitrogens is 4. The van der Waals surface area contributed by atoms with E-state index in [4.69, 9.17) is 9.72 Å². The van der Waals surface area contributed by atoms with Gasteiger partial charge in [0.2, 0.25) is 0 Å². The lowest BCUT2D eigenvalue weighted by Crippen LogP contribution is -2.20. The van der Waals surface area contributed by atoms with E-state index in [0.717, 1.165) is 51.2 Å². The van der Waals surface area contributed by atoms with Crippen LogP contribution >= 0.6 is 0 Å². The first-order valence-corrected chi connectivity index (χ1v) is 9.48. The van der Waals surface area contributed by atoms with Gasteiger partial charge in [0.25, 0.3) is 0 Å². The molecule has 1 aliphatic heterocycles. The first-order chi connectivity index (χ1) is 13.8. The molecular weight excluding hydrogens is 348 g/mol. The van der Waals surface area contributed by atoms with Crippen LogP contribution in [0.25, 0.3) is 33.2 Å². The van der Waals surface area contributed by atoms with Gasteiger partial charge >= 0.3 is 0 Å². The van der Waals surface area contributed by atoms with Gasteiger partial charge in [0.15, 0.2) is 0 Å². The summed E-state index contributed by atoms with van der Waals surface area (Å²) in [7, 11) is 0. The molecule has 5 nitrogen and oxygen atoms in total. The Morgan fingerprint density at radius 1 is 1.04 bits per heavy atom. The molecule has 0 spiro atoms. The fraction of sp³-hybridized carbons (Fsp3) is 0.130. The Balaban J connectivity index is 1.39. The van der Waals surface area contributed by atoms with Crippen molar-refractivity contribution in [1.29, 1.82) is 0 Å². The molecule has 0 aliphatic carbocycles. The number of ether oxygens (including phenoxy) is 1. The molecule has 5 heteroatoms. The van der Waals surface area contributed by atoms with Crippen LogP contribution < -0.4 is 4.74 Å². The summed E-state index contributed by atoms with van der Waals surface area (Å²) in [6, 6.07) is 18.8. The molecule has 5 aromatic rings. The number of aromatic amines is 2. The van der Waals surface area contributed by atoms with Gasteiger partial charge in [0.05, 0.1) is 23.6 Å². The van der Waals surface area contributed by atoms with Gasteiger partial charge in [-0.1, -0.05) is 24.3 Å². The fourth-order valence-electron chi connectivity index (χ4n) is 4.10. The zero-order valence-corrected chi connectivity index (χ0v) is 15.1. The molecule has 2 aromatic carbocycles. The monoisotopic (exact) mass is 366 g/mol. The molecule has 0 amide bonds. The number of pyridine rings is 1. The standard InChI is InChI=1S/C23H18N4O/c1-2-4-21-15(3-1)11-16(13-28-21)22-26-19-6-5-14(12-20(19)27-22)17-7-9-24-23-18(17)8-10-25-23/h1-10,12,16H,11,13H2,(H,24,25)(H,26,27). The van der Waals surface area contributed by atoms with Gasteiger partial charge in [-0.05, 0) is 53.4 Å². The van der Waals surface area contributed by atoms with E-state index in [1.54, 1.807) is 0 Å². The van der Waals surface area contributed by atoms with Gasteiger partial charge in [0.1, 0.15) is 17.2 Å². The molecule has 6 rings (SSSR count). The number of rotatable bonds is 2. The summed E-state index contributed by atoms with van der Waals surface area (Å²) in [6.07, 6.45) is 4.70. The number of hydrogen-bond donors (Lipinski definition) is 2. The Morgan fingerprint density at radius 2 is 2.00 bits per heavy atom. The third-order valence-electron chi connectivity index (χ3n) is 5.54. The molecule has 0 fully saturated rings. The highest BCUT2D eigenvalue weighted by atomic mass is 16.5. The zero-order valence-electron chi connectivity index (χ0n) is 15.1. The Hall–Kier alpha value is -3.60. The maximum atomic E-state index is 5.95. The van der Waals surface area contributed by atoms with E-state index in [-0.39, 0.29) is 5.92 Å². The predicted molar refractivity (Wildman–Crippen MR) is 110 cm³/mol. The van der Waals surface area contributed by atoms with Crippen LogP contribution in [0.15, 0.2) is 67.0 Å². The quantitative estimate of drug-likeness (QED) is 0.470. The Bertz CT molecular complexity index is 1320. The van der Waals surface area contributed by atoms with Crippen LogP contribution in [0.2, 0.25) is 0 Å². The van der Waals surface area contributed by atoms with E-state index >= 15 is 0 Å². The molecule has 1 aliphatic rings. The lowest BCUT2D eigenvalue weighted by atomic mass is 9.96. The fourth-order valence-corrected chi connectivity index (χ4v) is 4.10. The minimum Gasteiger partial charge on any atom is -0.493 e. The molecule has 136 valence electrons. The zero-order chi connectivity index (χ0) is 18.5. The smallest absolute Gasteiger partial charge is 0.137 e. The van der Waals surface area contributed by atoms with Crippen LogP contribution in [-0.4, -0.2) is 26.5 Å². The van der Waals surface area contributed by atoms with Crippen LogP contribution in [0.4, 0.5) is 0 Å². The number of hydrogen-bond acceptors (Lipinski definition) is 3. The highest BCUT2D eigenvalue weighted by Gasteiger charge is 2.23. The van der Waals surface area contributed by atoms with Crippen molar-refractivity contribution in [2.45, 2.75) is 12.3 Å². The number of nitrogens with one attached hydrogen (secondary N) is 2. The van der Waals surface area contributed by atoms with Crippen molar-refractivity contribution in [2.24, 2.45) is 0 Å². The van der Waals surface area contributed by atoms with Gasteiger partial charge in [-0.3, -0.25) is 0 Å². The summed E-state index contributed by atoms with van der Waals surface area (Å²) < 4.78 is 5.95. The van der Waals surface area contributed by atoms with Crippen molar-refractivity contribution in [3.8, 4) is 16.9 Å². The highest BCUT2D eigenvalue weighted by molar-refractivity contribution is 5.95. The molecular formula is C23H18N4O. The summed E-state index contributed by atoms with van der Waals surface area (Å²) in [4.78, 5) is 16.0. The summed E-state index contributed by atoms with van der Waals surface area (Å²) in [5.41, 5.74) is 6.48. The lowest BCUT2D eigenvalue weighted by molar-refractivity contribution is 0.258. The topological polar surface area (TPSA) is 66.6 Å². The summed E-state index contributed by atoms with van der Waals surface area (Å²) in [6.45, 7) is 0.651. The molecule has 1 unspecified atom stereocenters. The van der Waals surface area contributed by atoms with Crippen molar-refractivity contribution >= 4 is 22.1 Å². The largest absolute Gasteiger partial charge is 0.493 e. The molecule has 0 radical (unpaired) electrons. The maximum Gasteiger partial charge on any atom is 0.137 e. The predicted octanol–water partition coefficient (Wildman–Crippen LogP) is 4.82. The van der Waals surface area contributed by atoms with Gasteiger partial charge in [-0.15, -0.1) is 0 Å². The van der Waals surface area contributed by atoms with E-state index in [0.29, 0.717) is 6.61 Å². The highest BCUT2D eigenvalue weighted by Crippen LogP contribution is 2.33. The van der Waals surface area contributed by atoms with Gasteiger partial charge < -0.3 is 14.7 Å². The van der Waals surface area contributed by atoms with Crippen LogP contribution in [0.3, 0.4) is 0 Å². The average molecular weight is 366 g/mol. The number of nitrogens with zero attached hydrogens (tertiary/aromatic N) is 2. The molecule has 4 heterocycles. The van der Waals surface area contributed by atoms with Crippen molar-refractivity contribution in [3.63, 3.8) is 0 Å². The second-order valence-electron chi connectivity index (χ2n) is 7.27. The number of H-pyrrole nitrogens is 2. The van der Waals surface area contributed by atoms with E-state index < -0.39 is 0 Å². The van der Waals surface area contributed by atoms with Gasteiger partial charge in [0, 0.05) is 17.8 Å². The second-order valence-corrected chi connectivity index (χ2v) is 7.27. The summed E-state index contributed by atoms with van der Waals surface area (Å²) >= 11 is 0. The lowest BCUT2D eigenvalue weighted by Gasteiger charge is -2.23. The molecule has 3 aromatic heterocycles. The van der Waals surface area contributed by atoms with Crippen LogP contribution in [-0.2, 0) is 6.42 Å². The molecule has 1 atom stereocenters. The van der Waals surface area contributed by atoms with E-state index in [1.807, 2.05) is 24.5 Å². The Morgan fingerprint density at radius 3 is 3.00 bits per heavy atom. The number of fused-ring (bicyclic) bond motifs is 3. The number of benzene rings is 2. The third-order valence-corrected chi connectivity index (χ3v) is 5.54. The summed E-state index contributed by atoms with van der Waals surface area (Å²) in [5, 5.41) is 1.12. The molecule has 0 bridgehead atoms. The molecule has 28 heavy (non-hydrogen) atoms. The average Bonchev–Trinajstić information content (AvgIpc) is 3.39. The van der Waals surface area contributed by atoms with Crippen LogP contribution in [0.5, 0.6) is 5.75 Å². The number of imidazole rings is 1. The number of para-hydroxylation sites is 1. The van der Waals surface area contributed by atoms with Gasteiger partial charge in [-0.25, -0.2) is 9.97 Å². The Labute approximate surface area is 161 Å². The van der Waals surface area contributed by atoms with E-state index in [1.165, 1.54) is 5.56 Å². The maximum absolute atomic E-state index is 5.95. The van der Waals surface area contributed by atoms with E-state index in [9.17, 15) is 0 Å². The van der Waals surface area contributed by atoms with Crippen molar-refractivity contribution < 1.29 is 4.74 Å². The normalized spacial score (nSPS) is 16.2. The first-order valence-electron chi connectivity index (χ1n) is 9.48. The van der Waals surface area contributed by atoms with Crippen LogP contribution in [0.1, 0.15) is 17.3 Å². The van der Waals surface area contributed by atoms with Crippen LogP contribution in [0, 0.1) is 0 Å². The second kappa shape index (κ2) is 5.96. The molecule has 0 saturated carbocycles. The summed E-state index contributed by atoms with van der Waals surface area (Å²) in [5.74, 6) is 2.22. The SMILES string of the molecule is c1ccc2c(c1)CC(c1nc3cc(-c4ccnc5[nH]ccc45)ccc3[nH]1)CO2. The molecule has 0 saturated heterocycles. The Kier molecular flexibility index (Phi) is 3.29. The van der Waals surface area contributed by atoms with Crippen molar-refractivity contribution in [3.05, 3.63) is 78.4 Å². The minimum absolute atomic E-state index is 0.239.